The van der Waals surface area contributed by atoms with Crippen LogP contribution < -0.4 is 0 Å². The molecular weight excluding hydrogens is 240 g/mol. The van der Waals surface area contributed by atoms with E-state index in [0.29, 0.717) is 6.54 Å². The van der Waals surface area contributed by atoms with Crippen LogP contribution in [-0.2, 0) is 6.54 Å². The van der Waals surface area contributed by atoms with Crippen molar-refractivity contribution in [2.45, 2.75) is 13.0 Å². The number of amides is 1. The number of benzene rings is 1. The van der Waals surface area contributed by atoms with Gasteiger partial charge in [0.2, 0.25) is 0 Å². The molecule has 1 aromatic rings. The molecule has 0 aliphatic carbocycles. The van der Waals surface area contributed by atoms with Crippen LogP contribution in [0.1, 0.15) is 22.3 Å². The number of hydrogen-bond acceptors (Lipinski definition) is 3. The summed E-state index contributed by atoms with van der Waals surface area (Å²) in [4.78, 5) is 16.2. The summed E-state index contributed by atoms with van der Waals surface area (Å²) in [6.45, 7) is 2.48. The molecule has 2 rings (SSSR count). The Kier molecular flexibility index (Phi) is 4.56. The van der Waals surface area contributed by atoms with E-state index in [-0.39, 0.29) is 18.4 Å². The molecule has 1 aliphatic heterocycles. The van der Waals surface area contributed by atoms with Gasteiger partial charge >= 0.3 is 0 Å². The average Bonchev–Trinajstić information content (AvgIpc) is 2.87. The van der Waals surface area contributed by atoms with E-state index in [2.05, 4.69) is 4.90 Å². The van der Waals surface area contributed by atoms with Crippen molar-refractivity contribution in [1.82, 2.24) is 9.80 Å². The van der Waals surface area contributed by atoms with Crippen molar-refractivity contribution >= 4 is 5.91 Å². The second-order valence-corrected chi connectivity index (χ2v) is 5.52. The van der Waals surface area contributed by atoms with Crippen molar-refractivity contribution in [3.8, 4) is 0 Å². The molecule has 0 saturated carbocycles. The van der Waals surface area contributed by atoms with Crippen LogP contribution in [0.4, 0.5) is 0 Å². The third-order valence-corrected chi connectivity index (χ3v) is 3.53. The maximum atomic E-state index is 12.3. The van der Waals surface area contributed by atoms with E-state index in [1.807, 2.05) is 43.3 Å². The molecule has 1 unspecified atom stereocenters. The van der Waals surface area contributed by atoms with Gasteiger partial charge in [0, 0.05) is 37.7 Å². The molecule has 0 spiro atoms. The van der Waals surface area contributed by atoms with Crippen molar-refractivity contribution in [2.24, 2.45) is 5.92 Å². The first-order valence-electron chi connectivity index (χ1n) is 6.74. The number of hydrogen-bond donors (Lipinski definition) is 1. The molecule has 1 atom stereocenters. The fraction of sp³-hybridized carbons (Fsp3) is 0.533. The van der Waals surface area contributed by atoms with Crippen molar-refractivity contribution in [1.29, 1.82) is 0 Å². The highest BCUT2D eigenvalue weighted by molar-refractivity contribution is 5.94. The summed E-state index contributed by atoms with van der Waals surface area (Å²) in [5.74, 6) is 0.323. The zero-order valence-electron chi connectivity index (χ0n) is 11.7. The van der Waals surface area contributed by atoms with E-state index >= 15 is 0 Å². The number of nitrogens with zero attached hydrogens (tertiary/aromatic N) is 2. The molecular formula is C15H22N2O2. The molecule has 1 fully saturated rings. The lowest BCUT2D eigenvalue weighted by Gasteiger charge is -2.16. The Morgan fingerprint density at radius 2 is 2.05 bits per heavy atom. The lowest BCUT2D eigenvalue weighted by atomic mass is 10.1. The average molecular weight is 262 g/mol. The fourth-order valence-corrected chi connectivity index (χ4v) is 2.47. The normalized spacial score (nSPS) is 19.2. The Labute approximate surface area is 114 Å². The number of carbonyl (C=O) groups is 1. The standard InChI is InChI=1S/C15H22N2O2/c1-16(2)9-12-3-5-14(6-4-12)15(19)17-8-7-13(10-17)11-18/h3-6,13,18H,7-11H2,1-2H3. The number of aliphatic hydroxyl groups is 1. The van der Waals surface area contributed by atoms with Crippen LogP contribution in [0.15, 0.2) is 24.3 Å². The van der Waals surface area contributed by atoms with Crippen molar-refractivity contribution < 1.29 is 9.90 Å². The van der Waals surface area contributed by atoms with Gasteiger partial charge in [-0.2, -0.15) is 0 Å². The minimum Gasteiger partial charge on any atom is -0.396 e. The molecule has 4 nitrogen and oxygen atoms in total. The maximum absolute atomic E-state index is 12.3. The van der Waals surface area contributed by atoms with Crippen molar-refractivity contribution in [3.05, 3.63) is 35.4 Å². The highest BCUT2D eigenvalue weighted by Crippen LogP contribution is 2.18. The molecule has 0 bridgehead atoms. The molecule has 104 valence electrons. The molecule has 4 heteroatoms. The Balaban J connectivity index is 2.00. The van der Waals surface area contributed by atoms with Crippen molar-refractivity contribution in [3.63, 3.8) is 0 Å². The Hall–Kier alpha value is -1.39. The molecule has 1 saturated heterocycles. The first-order chi connectivity index (χ1) is 9.10. The summed E-state index contributed by atoms with van der Waals surface area (Å²) < 4.78 is 0. The third-order valence-electron chi connectivity index (χ3n) is 3.53. The summed E-state index contributed by atoms with van der Waals surface area (Å²) in [5, 5.41) is 9.11. The minimum atomic E-state index is 0.0763. The molecule has 1 heterocycles. The Morgan fingerprint density at radius 3 is 2.58 bits per heavy atom. The van der Waals surface area contributed by atoms with Gasteiger partial charge in [0.1, 0.15) is 0 Å². The summed E-state index contributed by atoms with van der Waals surface area (Å²) >= 11 is 0. The summed E-state index contributed by atoms with van der Waals surface area (Å²) in [7, 11) is 4.05. The highest BCUT2D eigenvalue weighted by Gasteiger charge is 2.26. The van der Waals surface area contributed by atoms with E-state index in [1.165, 1.54) is 5.56 Å². The molecule has 19 heavy (non-hydrogen) atoms. The predicted molar refractivity (Wildman–Crippen MR) is 74.9 cm³/mol. The summed E-state index contributed by atoms with van der Waals surface area (Å²) in [6, 6.07) is 7.81. The van der Waals surface area contributed by atoms with E-state index in [4.69, 9.17) is 5.11 Å². The molecule has 1 aliphatic rings. The smallest absolute Gasteiger partial charge is 0.253 e. The monoisotopic (exact) mass is 262 g/mol. The van der Waals surface area contributed by atoms with Gasteiger partial charge in [0.15, 0.2) is 0 Å². The Morgan fingerprint density at radius 1 is 1.37 bits per heavy atom. The zero-order chi connectivity index (χ0) is 13.8. The molecule has 1 amide bonds. The van der Waals surface area contributed by atoms with Crippen LogP contribution in [0, 0.1) is 5.92 Å². The lowest BCUT2D eigenvalue weighted by molar-refractivity contribution is 0.0782. The van der Waals surface area contributed by atoms with E-state index < -0.39 is 0 Å². The van der Waals surface area contributed by atoms with Crippen LogP contribution >= 0.6 is 0 Å². The predicted octanol–water partition coefficient (Wildman–Crippen LogP) is 1.20. The summed E-state index contributed by atoms with van der Waals surface area (Å²) in [5.41, 5.74) is 1.94. The largest absolute Gasteiger partial charge is 0.396 e. The zero-order valence-corrected chi connectivity index (χ0v) is 11.7. The molecule has 1 aromatic carbocycles. The lowest BCUT2D eigenvalue weighted by Crippen LogP contribution is -2.29. The van der Waals surface area contributed by atoms with Gasteiger partial charge < -0.3 is 14.9 Å². The summed E-state index contributed by atoms with van der Waals surface area (Å²) in [6.07, 6.45) is 0.904. The van der Waals surface area contributed by atoms with Crippen LogP contribution in [0.5, 0.6) is 0 Å². The number of likely N-dealkylation sites (tertiary alicyclic amines) is 1. The van der Waals surface area contributed by atoms with Crippen molar-refractivity contribution in [2.75, 3.05) is 33.8 Å². The van der Waals surface area contributed by atoms with Crippen LogP contribution in [0.25, 0.3) is 0 Å². The van der Waals surface area contributed by atoms with E-state index in [1.54, 1.807) is 0 Å². The molecule has 0 aromatic heterocycles. The molecule has 0 radical (unpaired) electrons. The second kappa shape index (κ2) is 6.17. The fourth-order valence-electron chi connectivity index (χ4n) is 2.47. The van der Waals surface area contributed by atoms with Crippen LogP contribution in [-0.4, -0.2) is 54.6 Å². The van der Waals surface area contributed by atoms with E-state index in [9.17, 15) is 4.79 Å². The van der Waals surface area contributed by atoms with Gasteiger partial charge in [-0.25, -0.2) is 0 Å². The second-order valence-electron chi connectivity index (χ2n) is 5.52. The van der Waals surface area contributed by atoms with Gasteiger partial charge in [-0.3, -0.25) is 4.79 Å². The first-order valence-corrected chi connectivity index (χ1v) is 6.74. The van der Waals surface area contributed by atoms with Gasteiger partial charge in [-0.1, -0.05) is 12.1 Å². The van der Waals surface area contributed by atoms with Gasteiger partial charge in [-0.15, -0.1) is 0 Å². The van der Waals surface area contributed by atoms with Crippen LogP contribution in [0.2, 0.25) is 0 Å². The van der Waals surface area contributed by atoms with Gasteiger partial charge in [-0.05, 0) is 38.2 Å². The highest BCUT2D eigenvalue weighted by atomic mass is 16.3. The number of rotatable bonds is 4. The first kappa shape index (κ1) is 14.0. The third kappa shape index (κ3) is 3.55. The van der Waals surface area contributed by atoms with Gasteiger partial charge in [0.05, 0.1) is 0 Å². The topological polar surface area (TPSA) is 43.8 Å². The quantitative estimate of drug-likeness (QED) is 0.887. The van der Waals surface area contributed by atoms with Gasteiger partial charge in [0.25, 0.3) is 5.91 Å². The van der Waals surface area contributed by atoms with Crippen LogP contribution in [0.3, 0.4) is 0 Å². The molecule has 1 N–H and O–H groups in total. The number of aliphatic hydroxyl groups excluding tert-OH is 1. The maximum Gasteiger partial charge on any atom is 0.253 e. The minimum absolute atomic E-state index is 0.0763. The number of carbonyl (C=O) groups excluding carboxylic acids is 1. The SMILES string of the molecule is CN(C)Cc1ccc(C(=O)N2CCC(CO)C2)cc1. The van der Waals surface area contributed by atoms with E-state index in [0.717, 1.165) is 25.1 Å². The Bertz CT molecular complexity index is 428.